The largest absolute Gasteiger partial charge is 0.394 e. The summed E-state index contributed by atoms with van der Waals surface area (Å²) in [5, 5.41) is 27.5. The zero-order valence-corrected chi connectivity index (χ0v) is 6.63. The predicted octanol–water partition coefficient (Wildman–Crippen LogP) is -1.98. The fourth-order valence-electron chi connectivity index (χ4n) is 1.22. The minimum atomic E-state index is -1.21. The van der Waals surface area contributed by atoms with Crippen LogP contribution >= 0.6 is 0 Å². The highest BCUT2D eigenvalue weighted by Gasteiger charge is 2.39. The number of aliphatic hydroxyl groups excluding tert-OH is 3. The van der Waals surface area contributed by atoms with E-state index in [1.807, 2.05) is 0 Å². The molecule has 1 aliphatic rings. The highest BCUT2D eigenvalue weighted by molar-refractivity contribution is 4.87. The Hall–Kier alpha value is -0.200. The molecule has 1 aliphatic heterocycles. The van der Waals surface area contributed by atoms with Crippen molar-refractivity contribution in [1.82, 2.24) is 0 Å². The normalized spacial score (nSPS) is 50.3. The van der Waals surface area contributed by atoms with Crippen LogP contribution in [-0.4, -0.2) is 46.5 Å². The van der Waals surface area contributed by atoms with Crippen molar-refractivity contribution in [3.05, 3.63) is 0 Å². The first-order chi connectivity index (χ1) is 6.11. The predicted molar refractivity (Wildman–Crippen MR) is 41.1 cm³/mol. The van der Waals surface area contributed by atoms with Gasteiger partial charge in [0.1, 0.15) is 6.10 Å². The van der Waals surface area contributed by atoms with Gasteiger partial charge in [0, 0.05) is 7.29 Å². The van der Waals surface area contributed by atoms with Gasteiger partial charge in [0.2, 0.25) is 0 Å². The van der Waals surface area contributed by atoms with E-state index < -0.39 is 30.5 Å². The van der Waals surface area contributed by atoms with E-state index in [0.29, 0.717) is 0 Å². The van der Waals surface area contributed by atoms with Gasteiger partial charge in [0.15, 0.2) is 6.29 Å². The van der Waals surface area contributed by atoms with Crippen LogP contribution < -0.4 is 5.73 Å². The molecular weight excluding hydrogens is 162 g/mol. The molecule has 0 bridgehead atoms. The number of ether oxygens (including phenoxy) is 1. The van der Waals surface area contributed by atoms with Crippen LogP contribution in [0.3, 0.4) is 0 Å². The molecule has 5 heteroatoms. The first-order valence-electron chi connectivity index (χ1n) is 4.49. The van der Waals surface area contributed by atoms with E-state index in [9.17, 15) is 10.2 Å². The molecule has 1 heterocycles. The molecule has 0 aliphatic carbocycles. The van der Waals surface area contributed by atoms with E-state index >= 15 is 0 Å². The van der Waals surface area contributed by atoms with Crippen molar-refractivity contribution in [3.63, 3.8) is 0 Å². The standard InChI is InChI=1S/C7H15NO4/c1-3-5(8)7(11)12-4(2-9)6(3)10/h3-7,9-11H,2,8H2,1H3/t3-,4-,5+,6+,7?/m1/s1/i1D. The summed E-state index contributed by atoms with van der Waals surface area (Å²) in [5.41, 5.74) is 5.50. The lowest BCUT2D eigenvalue weighted by atomic mass is 9.90. The molecule has 0 amide bonds. The Morgan fingerprint density at radius 2 is 2.25 bits per heavy atom. The molecule has 5 atom stereocenters. The van der Waals surface area contributed by atoms with Crippen LogP contribution in [0.25, 0.3) is 0 Å². The SMILES string of the molecule is [2H]C[C@H]1[C@H](O)[C@@H](CO)OC(O)[C@H]1N. The van der Waals surface area contributed by atoms with Crippen molar-refractivity contribution in [2.75, 3.05) is 6.61 Å². The lowest BCUT2D eigenvalue weighted by Crippen LogP contribution is -2.57. The molecule has 5 N–H and O–H groups in total. The van der Waals surface area contributed by atoms with Gasteiger partial charge < -0.3 is 25.8 Å². The van der Waals surface area contributed by atoms with Crippen molar-refractivity contribution in [2.45, 2.75) is 31.4 Å². The topological polar surface area (TPSA) is 95.9 Å². The molecule has 0 spiro atoms. The van der Waals surface area contributed by atoms with E-state index in [0.717, 1.165) is 0 Å². The molecular formula is C7H15NO4. The summed E-state index contributed by atoms with van der Waals surface area (Å²) in [7, 11) is 0. The Bertz CT molecular complexity index is 171. The number of nitrogens with two attached hydrogens (primary N) is 1. The third kappa shape index (κ3) is 1.60. The second-order valence-corrected chi connectivity index (χ2v) is 2.98. The monoisotopic (exact) mass is 178 g/mol. The van der Waals surface area contributed by atoms with Crippen LogP contribution in [-0.2, 0) is 4.74 Å². The van der Waals surface area contributed by atoms with Crippen LogP contribution in [0.2, 0.25) is 0 Å². The molecule has 1 saturated heterocycles. The van der Waals surface area contributed by atoms with Crippen molar-refractivity contribution in [2.24, 2.45) is 11.7 Å². The number of aliphatic hydroxyl groups is 3. The van der Waals surface area contributed by atoms with E-state index in [4.69, 9.17) is 16.9 Å². The highest BCUT2D eigenvalue weighted by atomic mass is 16.6. The van der Waals surface area contributed by atoms with Crippen LogP contribution in [0.15, 0.2) is 0 Å². The van der Waals surface area contributed by atoms with Gasteiger partial charge in [-0.2, -0.15) is 0 Å². The van der Waals surface area contributed by atoms with Gasteiger partial charge in [-0.1, -0.05) is 6.90 Å². The van der Waals surface area contributed by atoms with Crippen molar-refractivity contribution in [1.29, 1.82) is 0 Å². The summed E-state index contributed by atoms with van der Waals surface area (Å²) < 4.78 is 12.0. The van der Waals surface area contributed by atoms with E-state index in [-0.39, 0.29) is 13.5 Å². The zero-order valence-electron chi connectivity index (χ0n) is 7.63. The van der Waals surface area contributed by atoms with Crippen LogP contribution in [0.4, 0.5) is 0 Å². The second-order valence-electron chi connectivity index (χ2n) is 2.98. The van der Waals surface area contributed by atoms with Crippen LogP contribution in [0.1, 0.15) is 8.27 Å². The quantitative estimate of drug-likeness (QED) is 0.373. The molecule has 72 valence electrons. The molecule has 0 aromatic rings. The summed E-state index contributed by atoms with van der Waals surface area (Å²) in [6.07, 6.45) is -3.04. The summed E-state index contributed by atoms with van der Waals surface area (Å²) in [6.45, 7) is -0.485. The Morgan fingerprint density at radius 1 is 1.58 bits per heavy atom. The second kappa shape index (κ2) is 3.68. The fraction of sp³-hybridized carbons (Fsp3) is 1.00. The third-order valence-electron chi connectivity index (χ3n) is 2.14. The highest BCUT2D eigenvalue weighted by Crippen LogP contribution is 2.22. The fourth-order valence-corrected chi connectivity index (χ4v) is 1.22. The van der Waals surface area contributed by atoms with Crippen LogP contribution in [0, 0.1) is 5.92 Å². The maximum atomic E-state index is 9.52. The van der Waals surface area contributed by atoms with Gasteiger partial charge in [0.05, 0.1) is 18.8 Å². The number of hydrogen-bond acceptors (Lipinski definition) is 5. The minimum Gasteiger partial charge on any atom is -0.394 e. The summed E-state index contributed by atoms with van der Waals surface area (Å²) in [6, 6.07) is -0.768. The average Bonchev–Trinajstić information content (AvgIpc) is 2.12. The van der Waals surface area contributed by atoms with Gasteiger partial charge >= 0.3 is 0 Å². The summed E-state index contributed by atoms with van der Waals surface area (Å²) in [5.74, 6) is -0.555. The molecule has 1 fully saturated rings. The molecule has 0 radical (unpaired) electrons. The van der Waals surface area contributed by atoms with Gasteiger partial charge in [-0.25, -0.2) is 0 Å². The van der Waals surface area contributed by atoms with Gasteiger partial charge in [0.25, 0.3) is 0 Å². The summed E-state index contributed by atoms with van der Waals surface area (Å²) >= 11 is 0. The summed E-state index contributed by atoms with van der Waals surface area (Å²) in [4.78, 5) is 0. The average molecular weight is 178 g/mol. The Balaban J connectivity index is 2.69. The first-order valence-corrected chi connectivity index (χ1v) is 3.79. The Kier molecular flexibility index (Phi) is 2.57. The maximum absolute atomic E-state index is 9.52. The molecule has 1 unspecified atom stereocenters. The van der Waals surface area contributed by atoms with E-state index in [1.54, 1.807) is 0 Å². The van der Waals surface area contributed by atoms with E-state index in [1.165, 1.54) is 0 Å². The number of rotatable bonds is 1. The van der Waals surface area contributed by atoms with Crippen molar-refractivity contribution in [3.8, 4) is 0 Å². The molecule has 12 heavy (non-hydrogen) atoms. The van der Waals surface area contributed by atoms with Gasteiger partial charge in [-0.3, -0.25) is 0 Å². The molecule has 5 nitrogen and oxygen atoms in total. The lowest BCUT2D eigenvalue weighted by Gasteiger charge is -2.39. The van der Waals surface area contributed by atoms with Crippen molar-refractivity contribution >= 4 is 0 Å². The molecule has 0 aromatic heterocycles. The molecule has 1 rings (SSSR count). The Morgan fingerprint density at radius 3 is 2.75 bits per heavy atom. The van der Waals surface area contributed by atoms with Crippen LogP contribution in [0.5, 0.6) is 0 Å². The number of hydrogen-bond donors (Lipinski definition) is 4. The zero-order chi connectivity index (χ0) is 10.0. The molecule has 0 saturated carbocycles. The van der Waals surface area contributed by atoms with Crippen molar-refractivity contribution < 1.29 is 21.4 Å². The maximum Gasteiger partial charge on any atom is 0.170 e. The van der Waals surface area contributed by atoms with Gasteiger partial charge in [-0.15, -0.1) is 0 Å². The first kappa shape index (κ1) is 8.40. The van der Waals surface area contributed by atoms with Gasteiger partial charge in [-0.05, 0) is 0 Å². The Labute approximate surface area is 72.2 Å². The minimum absolute atomic E-state index is 0.0980. The smallest absolute Gasteiger partial charge is 0.170 e. The third-order valence-corrected chi connectivity index (χ3v) is 2.14. The molecule has 0 aromatic carbocycles. The lowest BCUT2D eigenvalue weighted by molar-refractivity contribution is -0.233. The van der Waals surface area contributed by atoms with E-state index in [2.05, 4.69) is 0 Å².